The van der Waals surface area contributed by atoms with Crippen molar-refractivity contribution in [3.8, 4) is 5.88 Å². The average molecular weight is 181 g/mol. The molecule has 0 atom stereocenters. The van der Waals surface area contributed by atoms with Crippen LogP contribution in [0, 0.1) is 0 Å². The zero-order valence-corrected chi connectivity index (χ0v) is 8.08. The van der Waals surface area contributed by atoms with Crippen LogP contribution in [-0.2, 0) is 7.05 Å². The van der Waals surface area contributed by atoms with Crippen molar-refractivity contribution >= 4 is 5.82 Å². The van der Waals surface area contributed by atoms with Crippen molar-refractivity contribution in [2.45, 2.75) is 25.3 Å². The van der Waals surface area contributed by atoms with Crippen molar-refractivity contribution < 1.29 is 4.74 Å². The lowest BCUT2D eigenvalue weighted by Gasteiger charge is -2.25. The second-order valence-electron chi connectivity index (χ2n) is 3.47. The Balaban J connectivity index is 2.03. The van der Waals surface area contributed by atoms with Gasteiger partial charge in [0.25, 0.3) is 0 Å². The first-order valence-electron chi connectivity index (χ1n) is 4.64. The highest BCUT2D eigenvalue weighted by Crippen LogP contribution is 2.24. The molecule has 1 heterocycles. The van der Waals surface area contributed by atoms with Gasteiger partial charge in [0, 0.05) is 19.2 Å². The Morgan fingerprint density at radius 1 is 1.62 bits per heavy atom. The predicted molar refractivity (Wildman–Crippen MR) is 51.0 cm³/mol. The van der Waals surface area contributed by atoms with E-state index in [1.165, 1.54) is 19.3 Å². The maximum atomic E-state index is 5.12. The maximum absolute atomic E-state index is 5.12. The fourth-order valence-corrected chi connectivity index (χ4v) is 1.47. The Morgan fingerprint density at radius 3 is 2.85 bits per heavy atom. The summed E-state index contributed by atoms with van der Waals surface area (Å²) in [4.78, 5) is 0. The molecule has 1 aromatic heterocycles. The Morgan fingerprint density at radius 2 is 2.38 bits per heavy atom. The quantitative estimate of drug-likeness (QED) is 0.766. The van der Waals surface area contributed by atoms with Gasteiger partial charge in [0.05, 0.1) is 7.11 Å². The molecule has 1 aromatic rings. The third-order valence-electron chi connectivity index (χ3n) is 2.50. The van der Waals surface area contributed by atoms with E-state index in [4.69, 9.17) is 4.74 Å². The van der Waals surface area contributed by atoms with Gasteiger partial charge < -0.3 is 10.1 Å². The topological polar surface area (TPSA) is 39.1 Å². The lowest BCUT2D eigenvalue weighted by molar-refractivity contribution is 0.373. The number of ether oxygens (including phenoxy) is 1. The molecule has 72 valence electrons. The number of nitrogens with one attached hydrogen (secondary N) is 1. The molecule has 2 rings (SSSR count). The van der Waals surface area contributed by atoms with Crippen LogP contribution in [0.25, 0.3) is 0 Å². The van der Waals surface area contributed by atoms with Gasteiger partial charge in [-0.3, -0.25) is 0 Å². The van der Waals surface area contributed by atoms with Crippen LogP contribution in [0.3, 0.4) is 0 Å². The van der Waals surface area contributed by atoms with Crippen LogP contribution in [-0.4, -0.2) is 22.9 Å². The Kier molecular flexibility index (Phi) is 2.12. The monoisotopic (exact) mass is 181 g/mol. The molecule has 1 saturated carbocycles. The smallest absolute Gasteiger partial charge is 0.213 e. The second kappa shape index (κ2) is 3.28. The molecule has 0 radical (unpaired) electrons. The first-order valence-corrected chi connectivity index (χ1v) is 4.64. The van der Waals surface area contributed by atoms with Crippen LogP contribution in [0.5, 0.6) is 5.88 Å². The minimum absolute atomic E-state index is 0.625. The maximum Gasteiger partial charge on any atom is 0.213 e. The predicted octanol–water partition coefficient (Wildman–Crippen LogP) is 1.39. The van der Waals surface area contributed by atoms with E-state index in [9.17, 15) is 0 Å². The number of methoxy groups -OCH3 is 1. The Bertz CT molecular complexity index is 291. The molecule has 0 aromatic carbocycles. The molecule has 1 aliphatic rings. The van der Waals surface area contributed by atoms with Crippen molar-refractivity contribution in [3.05, 3.63) is 6.07 Å². The van der Waals surface area contributed by atoms with Gasteiger partial charge in [-0.2, -0.15) is 5.10 Å². The molecule has 0 saturated heterocycles. The van der Waals surface area contributed by atoms with E-state index in [1.807, 2.05) is 13.1 Å². The van der Waals surface area contributed by atoms with Crippen molar-refractivity contribution in [1.29, 1.82) is 0 Å². The Labute approximate surface area is 77.9 Å². The fraction of sp³-hybridized carbons (Fsp3) is 0.667. The fourth-order valence-electron chi connectivity index (χ4n) is 1.47. The summed E-state index contributed by atoms with van der Waals surface area (Å²) >= 11 is 0. The van der Waals surface area contributed by atoms with Gasteiger partial charge in [-0.15, -0.1) is 0 Å². The van der Waals surface area contributed by atoms with Gasteiger partial charge >= 0.3 is 0 Å². The van der Waals surface area contributed by atoms with Crippen molar-refractivity contribution in [3.63, 3.8) is 0 Å². The van der Waals surface area contributed by atoms with Crippen molar-refractivity contribution in [1.82, 2.24) is 9.78 Å². The van der Waals surface area contributed by atoms with E-state index in [0.29, 0.717) is 6.04 Å². The SMILES string of the molecule is COc1cc(NC2CCC2)nn1C. The second-order valence-corrected chi connectivity index (χ2v) is 3.47. The molecule has 0 unspecified atom stereocenters. The molecule has 4 nitrogen and oxygen atoms in total. The number of hydrogen-bond acceptors (Lipinski definition) is 3. The van der Waals surface area contributed by atoms with Crippen LogP contribution in [0.15, 0.2) is 6.07 Å². The highest BCUT2D eigenvalue weighted by Gasteiger charge is 2.18. The van der Waals surface area contributed by atoms with Crippen LogP contribution < -0.4 is 10.1 Å². The normalized spacial score (nSPS) is 16.8. The van der Waals surface area contributed by atoms with E-state index in [2.05, 4.69) is 10.4 Å². The number of nitrogens with zero attached hydrogens (tertiary/aromatic N) is 2. The van der Waals surface area contributed by atoms with Crippen LogP contribution in [0.2, 0.25) is 0 Å². The van der Waals surface area contributed by atoms with Gasteiger partial charge in [-0.1, -0.05) is 0 Å². The van der Waals surface area contributed by atoms with Crippen molar-refractivity contribution in [2.75, 3.05) is 12.4 Å². The molecule has 13 heavy (non-hydrogen) atoms. The summed E-state index contributed by atoms with van der Waals surface area (Å²) in [6.07, 6.45) is 3.86. The Hall–Kier alpha value is -1.19. The lowest BCUT2D eigenvalue weighted by Crippen LogP contribution is -2.27. The van der Waals surface area contributed by atoms with Gasteiger partial charge in [-0.05, 0) is 19.3 Å². The summed E-state index contributed by atoms with van der Waals surface area (Å²) in [5.41, 5.74) is 0. The van der Waals surface area contributed by atoms with Crippen LogP contribution in [0.1, 0.15) is 19.3 Å². The van der Waals surface area contributed by atoms with E-state index in [1.54, 1.807) is 11.8 Å². The summed E-state index contributed by atoms with van der Waals surface area (Å²) in [7, 11) is 3.54. The van der Waals surface area contributed by atoms with Gasteiger partial charge in [0.1, 0.15) is 0 Å². The molecule has 0 aliphatic heterocycles. The van der Waals surface area contributed by atoms with E-state index in [0.717, 1.165) is 11.7 Å². The summed E-state index contributed by atoms with van der Waals surface area (Å²) in [5, 5.41) is 7.65. The highest BCUT2D eigenvalue weighted by molar-refractivity contribution is 5.39. The number of hydrogen-bond donors (Lipinski definition) is 1. The number of aromatic nitrogens is 2. The first kappa shape index (κ1) is 8.41. The summed E-state index contributed by atoms with van der Waals surface area (Å²) in [6.45, 7) is 0. The third-order valence-corrected chi connectivity index (χ3v) is 2.50. The average Bonchev–Trinajstić information content (AvgIpc) is 2.39. The van der Waals surface area contributed by atoms with Crippen LogP contribution >= 0.6 is 0 Å². The number of anilines is 1. The van der Waals surface area contributed by atoms with Gasteiger partial charge in [0.15, 0.2) is 5.82 Å². The van der Waals surface area contributed by atoms with Gasteiger partial charge in [-0.25, -0.2) is 4.68 Å². The summed E-state index contributed by atoms with van der Waals surface area (Å²) < 4.78 is 6.86. The van der Waals surface area contributed by atoms with E-state index < -0.39 is 0 Å². The van der Waals surface area contributed by atoms with E-state index in [-0.39, 0.29) is 0 Å². The number of rotatable bonds is 3. The zero-order valence-electron chi connectivity index (χ0n) is 8.08. The lowest BCUT2D eigenvalue weighted by atomic mass is 9.93. The van der Waals surface area contributed by atoms with Crippen molar-refractivity contribution in [2.24, 2.45) is 7.05 Å². The molecule has 1 aliphatic carbocycles. The minimum Gasteiger partial charge on any atom is -0.481 e. The molecular weight excluding hydrogens is 166 g/mol. The largest absolute Gasteiger partial charge is 0.481 e. The molecule has 0 amide bonds. The van der Waals surface area contributed by atoms with E-state index >= 15 is 0 Å². The molecular formula is C9H15N3O. The minimum atomic E-state index is 0.625. The van der Waals surface area contributed by atoms with Crippen LogP contribution in [0.4, 0.5) is 5.82 Å². The number of aryl methyl sites for hydroxylation is 1. The highest BCUT2D eigenvalue weighted by atomic mass is 16.5. The molecule has 0 bridgehead atoms. The molecule has 1 N–H and O–H groups in total. The molecule has 1 fully saturated rings. The standard InChI is InChI=1S/C9H15N3O/c1-12-9(13-2)6-8(11-12)10-7-4-3-5-7/h6-7H,3-5H2,1-2H3,(H,10,11). The van der Waals surface area contributed by atoms with Gasteiger partial charge in [0.2, 0.25) is 5.88 Å². The molecule has 4 heteroatoms. The molecule has 0 spiro atoms. The first-order chi connectivity index (χ1) is 6.29. The summed E-state index contributed by atoms with van der Waals surface area (Å²) in [6, 6.07) is 2.55. The zero-order chi connectivity index (χ0) is 9.26. The summed E-state index contributed by atoms with van der Waals surface area (Å²) in [5.74, 6) is 1.71. The third kappa shape index (κ3) is 1.61.